The van der Waals surface area contributed by atoms with Crippen LogP contribution in [0.1, 0.15) is 84.5 Å². The average Bonchev–Trinajstić information content (AvgIpc) is 3.10. The smallest absolute Gasteiger partial charge is 0.308 e. The number of carbonyl (C=O) groups is 1. The molecule has 2 unspecified atom stereocenters. The van der Waals surface area contributed by atoms with E-state index in [0.29, 0.717) is 11.8 Å². The molecule has 0 aromatic heterocycles. The van der Waals surface area contributed by atoms with Crippen molar-refractivity contribution in [1.82, 2.24) is 0 Å². The minimum absolute atomic E-state index is 0.0287. The lowest BCUT2D eigenvalue weighted by Gasteiger charge is -2.15. The molecule has 0 heterocycles. The van der Waals surface area contributed by atoms with E-state index in [4.69, 9.17) is 4.74 Å². The highest BCUT2D eigenvalue weighted by molar-refractivity contribution is 5.72. The number of aliphatic hydroxyl groups is 1. The number of hydrogen-bond donors (Lipinski definition) is 1. The van der Waals surface area contributed by atoms with E-state index in [1.807, 2.05) is 13.0 Å². The Morgan fingerprint density at radius 1 is 1.19 bits per heavy atom. The number of carbonyl (C=O) groups excluding carboxylic acids is 1. The predicted octanol–water partition coefficient (Wildman–Crippen LogP) is 5.83. The quantitative estimate of drug-likeness (QED) is 0.254. The van der Waals surface area contributed by atoms with Crippen molar-refractivity contribution in [2.45, 2.75) is 90.6 Å². The average molecular weight is 365 g/mol. The van der Waals surface area contributed by atoms with Crippen molar-refractivity contribution < 1.29 is 14.6 Å². The fraction of sp³-hybridized carbons (Fsp3) is 0.783. The van der Waals surface area contributed by atoms with Gasteiger partial charge in [-0.2, -0.15) is 0 Å². The molecule has 4 atom stereocenters. The highest BCUT2D eigenvalue weighted by Gasteiger charge is 2.24. The van der Waals surface area contributed by atoms with Crippen LogP contribution in [0.25, 0.3) is 0 Å². The lowest BCUT2D eigenvalue weighted by molar-refractivity contribution is -0.145. The van der Waals surface area contributed by atoms with Crippen LogP contribution in [0, 0.1) is 17.8 Å². The van der Waals surface area contributed by atoms with Crippen LogP contribution in [-0.4, -0.2) is 24.3 Å². The molecule has 0 aromatic rings. The first-order valence-electron chi connectivity index (χ1n) is 10.7. The normalized spacial score (nSPS) is 22.9. The molecule has 0 aromatic carbocycles. The molecule has 0 spiro atoms. The van der Waals surface area contributed by atoms with Crippen molar-refractivity contribution in [3.8, 4) is 0 Å². The second-order valence-electron chi connectivity index (χ2n) is 7.72. The zero-order valence-corrected chi connectivity index (χ0v) is 17.2. The maximum atomic E-state index is 11.6. The van der Waals surface area contributed by atoms with Crippen LogP contribution in [0.3, 0.4) is 0 Å². The number of esters is 1. The monoisotopic (exact) mass is 364 g/mol. The molecule has 0 radical (unpaired) electrons. The molecule has 1 fully saturated rings. The Hall–Kier alpha value is -1.09. The number of hydrogen-bond acceptors (Lipinski definition) is 3. The third kappa shape index (κ3) is 9.02. The summed E-state index contributed by atoms with van der Waals surface area (Å²) in [7, 11) is 1.47. The fourth-order valence-electron chi connectivity index (χ4n) is 3.92. The molecule has 150 valence electrons. The van der Waals surface area contributed by atoms with Crippen LogP contribution in [0.4, 0.5) is 0 Å². The van der Waals surface area contributed by atoms with Gasteiger partial charge in [-0.3, -0.25) is 4.79 Å². The molecule has 0 bridgehead atoms. The Labute approximate surface area is 160 Å². The fourth-order valence-corrected chi connectivity index (χ4v) is 3.92. The SMILES string of the molecule is CCCCCC(O)C=C[C@H]1CCC[C@@H]1CC=CCCC(CC)C(=O)OC. The first kappa shape index (κ1) is 23.0. The van der Waals surface area contributed by atoms with E-state index < -0.39 is 0 Å². The number of methoxy groups -OCH3 is 1. The highest BCUT2D eigenvalue weighted by Crippen LogP contribution is 2.35. The van der Waals surface area contributed by atoms with Gasteiger partial charge in [-0.25, -0.2) is 0 Å². The first-order chi connectivity index (χ1) is 12.6. The van der Waals surface area contributed by atoms with Gasteiger partial charge in [0.25, 0.3) is 0 Å². The molecule has 1 aliphatic rings. The van der Waals surface area contributed by atoms with Crippen molar-refractivity contribution in [3.63, 3.8) is 0 Å². The number of aliphatic hydroxyl groups excluding tert-OH is 1. The largest absolute Gasteiger partial charge is 0.469 e. The second kappa shape index (κ2) is 14.0. The van der Waals surface area contributed by atoms with Gasteiger partial charge in [0.2, 0.25) is 0 Å². The Morgan fingerprint density at radius 3 is 2.69 bits per heavy atom. The number of ether oxygens (including phenoxy) is 1. The summed E-state index contributed by atoms with van der Waals surface area (Å²) in [6, 6.07) is 0. The minimum atomic E-state index is -0.275. The molecular formula is C23H40O3. The maximum Gasteiger partial charge on any atom is 0.308 e. The first-order valence-corrected chi connectivity index (χ1v) is 10.7. The number of rotatable bonds is 13. The van der Waals surface area contributed by atoms with E-state index in [2.05, 4.69) is 25.2 Å². The van der Waals surface area contributed by atoms with Crippen molar-refractivity contribution in [2.24, 2.45) is 17.8 Å². The van der Waals surface area contributed by atoms with Gasteiger partial charge in [0.05, 0.1) is 19.1 Å². The summed E-state index contributed by atoms with van der Waals surface area (Å²) < 4.78 is 4.84. The molecule has 0 aliphatic heterocycles. The van der Waals surface area contributed by atoms with Gasteiger partial charge in [0, 0.05) is 0 Å². The van der Waals surface area contributed by atoms with Gasteiger partial charge in [-0.05, 0) is 56.8 Å². The number of allylic oxidation sites excluding steroid dienone is 3. The lowest BCUT2D eigenvalue weighted by atomic mass is 9.91. The van der Waals surface area contributed by atoms with Crippen LogP contribution in [0.5, 0.6) is 0 Å². The molecule has 1 saturated carbocycles. The summed E-state index contributed by atoms with van der Waals surface area (Å²) in [5, 5.41) is 10.1. The Morgan fingerprint density at radius 2 is 2.00 bits per heavy atom. The Balaban J connectivity index is 2.31. The van der Waals surface area contributed by atoms with E-state index in [1.54, 1.807) is 0 Å². The highest BCUT2D eigenvalue weighted by atomic mass is 16.5. The summed E-state index contributed by atoms with van der Waals surface area (Å²) in [5.74, 6) is 1.26. The molecule has 0 saturated heterocycles. The standard InChI is InChI=1S/C23H40O3/c1-4-6-8-16-22(24)18-17-21-15-11-14-20(21)13-10-7-9-12-19(5-2)23(25)26-3/h7,10,17-22,24H,4-6,8-9,11-16H2,1-3H3/t19?,20-,21+,22?/m0/s1. The zero-order valence-electron chi connectivity index (χ0n) is 17.2. The van der Waals surface area contributed by atoms with Crippen LogP contribution >= 0.6 is 0 Å². The molecule has 0 amide bonds. The summed E-state index contributed by atoms with van der Waals surface area (Å²) in [5.41, 5.74) is 0. The van der Waals surface area contributed by atoms with Gasteiger partial charge < -0.3 is 9.84 Å². The van der Waals surface area contributed by atoms with Gasteiger partial charge >= 0.3 is 5.97 Å². The predicted molar refractivity (Wildman–Crippen MR) is 109 cm³/mol. The van der Waals surface area contributed by atoms with Crippen molar-refractivity contribution in [1.29, 1.82) is 0 Å². The third-order valence-corrected chi connectivity index (χ3v) is 5.72. The second-order valence-corrected chi connectivity index (χ2v) is 7.72. The lowest BCUT2D eigenvalue weighted by Crippen LogP contribution is -2.14. The Bertz CT molecular complexity index is 427. The van der Waals surface area contributed by atoms with Gasteiger partial charge in [0.15, 0.2) is 0 Å². The molecule has 26 heavy (non-hydrogen) atoms. The van der Waals surface area contributed by atoms with E-state index in [0.717, 1.165) is 38.5 Å². The van der Waals surface area contributed by atoms with Crippen molar-refractivity contribution in [3.05, 3.63) is 24.3 Å². The van der Waals surface area contributed by atoms with E-state index in [-0.39, 0.29) is 18.0 Å². The van der Waals surface area contributed by atoms with Crippen LogP contribution in [0.2, 0.25) is 0 Å². The molecule has 1 aliphatic carbocycles. The topological polar surface area (TPSA) is 46.5 Å². The van der Waals surface area contributed by atoms with Crippen LogP contribution < -0.4 is 0 Å². The van der Waals surface area contributed by atoms with E-state index in [9.17, 15) is 9.90 Å². The Kier molecular flexibility index (Phi) is 12.4. The van der Waals surface area contributed by atoms with Gasteiger partial charge in [-0.1, -0.05) is 63.8 Å². The summed E-state index contributed by atoms with van der Waals surface area (Å²) in [6.45, 7) is 4.23. The molecule has 1 N–H and O–H groups in total. The minimum Gasteiger partial charge on any atom is -0.469 e. The van der Waals surface area contributed by atoms with Crippen molar-refractivity contribution in [2.75, 3.05) is 7.11 Å². The summed E-state index contributed by atoms with van der Waals surface area (Å²) in [4.78, 5) is 11.6. The molecule has 1 rings (SSSR count). The molecule has 3 nitrogen and oxygen atoms in total. The zero-order chi connectivity index (χ0) is 19.2. The van der Waals surface area contributed by atoms with Crippen LogP contribution in [0.15, 0.2) is 24.3 Å². The van der Waals surface area contributed by atoms with Gasteiger partial charge in [0.1, 0.15) is 0 Å². The summed E-state index contributed by atoms with van der Waals surface area (Å²) in [6.07, 6.45) is 20.5. The van der Waals surface area contributed by atoms with Crippen LogP contribution in [-0.2, 0) is 9.53 Å². The van der Waals surface area contributed by atoms with Gasteiger partial charge in [-0.15, -0.1) is 0 Å². The number of unbranched alkanes of at least 4 members (excludes halogenated alkanes) is 2. The maximum absolute atomic E-state index is 11.6. The van der Waals surface area contributed by atoms with E-state index >= 15 is 0 Å². The summed E-state index contributed by atoms with van der Waals surface area (Å²) >= 11 is 0. The van der Waals surface area contributed by atoms with E-state index in [1.165, 1.54) is 39.2 Å². The van der Waals surface area contributed by atoms with Crippen molar-refractivity contribution >= 4 is 5.97 Å². The third-order valence-electron chi connectivity index (χ3n) is 5.72. The molecular weight excluding hydrogens is 324 g/mol. The molecule has 3 heteroatoms.